The maximum Gasteiger partial charge on any atom is 0.328 e. The van der Waals surface area contributed by atoms with Crippen LogP contribution in [0.1, 0.15) is 18.5 Å². The number of ether oxygens (including phenoxy) is 1. The van der Waals surface area contributed by atoms with E-state index in [4.69, 9.17) is 4.74 Å². The maximum atomic E-state index is 14.3. The molecule has 3 aromatic rings. The van der Waals surface area contributed by atoms with Gasteiger partial charge in [-0.3, -0.25) is 4.98 Å². The number of aromatic nitrogens is 4. The standard InChI is InChI=1S/C18H18FN7O2/c1-20-13-5-15-23-12-4-9(21-6-10(12)19)7-28-14-3-2-11(14)24-18(27)26-8-22-16(13)17(26)25-15/h4-6,8,11,14H,2-3,7H2,1H3,(H,24,27)(H2,20,23,25)/t11-,14-/m1/s1. The Morgan fingerprint density at radius 3 is 3.00 bits per heavy atom. The van der Waals surface area contributed by atoms with E-state index < -0.39 is 5.82 Å². The van der Waals surface area contributed by atoms with Gasteiger partial charge in [-0.05, 0) is 18.9 Å². The normalized spacial score (nSPS) is 21.3. The molecule has 1 aliphatic heterocycles. The topological polar surface area (TPSA) is 106 Å². The summed E-state index contributed by atoms with van der Waals surface area (Å²) in [6, 6.07) is 2.89. The lowest BCUT2D eigenvalue weighted by Gasteiger charge is -2.36. The van der Waals surface area contributed by atoms with Crippen molar-refractivity contribution in [2.75, 3.05) is 17.7 Å². The van der Waals surface area contributed by atoms with E-state index in [0.29, 0.717) is 28.4 Å². The first kappa shape index (κ1) is 16.9. The van der Waals surface area contributed by atoms with Crippen molar-refractivity contribution in [1.29, 1.82) is 0 Å². The third kappa shape index (κ3) is 2.73. The summed E-state index contributed by atoms with van der Waals surface area (Å²) in [5.41, 5.74) is 2.42. The van der Waals surface area contributed by atoms with E-state index in [0.717, 1.165) is 19.0 Å². The van der Waals surface area contributed by atoms with Crippen molar-refractivity contribution < 1.29 is 13.9 Å². The first-order valence-electron chi connectivity index (χ1n) is 9.02. The van der Waals surface area contributed by atoms with Gasteiger partial charge in [-0.1, -0.05) is 0 Å². The van der Waals surface area contributed by atoms with Gasteiger partial charge >= 0.3 is 6.03 Å². The lowest BCUT2D eigenvalue weighted by Crippen LogP contribution is -2.52. The predicted molar refractivity (Wildman–Crippen MR) is 100 cm³/mol. The molecular weight excluding hydrogens is 365 g/mol. The number of hydrogen-bond acceptors (Lipinski definition) is 7. The van der Waals surface area contributed by atoms with Crippen LogP contribution in [-0.2, 0) is 11.3 Å². The molecule has 0 saturated heterocycles. The Balaban J connectivity index is 1.66. The molecule has 1 saturated carbocycles. The Labute approximate surface area is 159 Å². The van der Waals surface area contributed by atoms with Crippen molar-refractivity contribution in [3.05, 3.63) is 36.2 Å². The second-order valence-electron chi connectivity index (χ2n) is 6.86. The number of hydrogen-bond donors (Lipinski definition) is 3. The minimum atomic E-state index is -0.503. The molecule has 3 N–H and O–H groups in total. The van der Waals surface area contributed by atoms with E-state index in [1.54, 1.807) is 19.2 Å². The quantitative estimate of drug-likeness (QED) is 0.592. The van der Waals surface area contributed by atoms with Crippen LogP contribution in [0.2, 0.25) is 0 Å². The number of halogens is 1. The van der Waals surface area contributed by atoms with Crippen LogP contribution in [0.4, 0.5) is 26.4 Å². The average Bonchev–Trinajstić information content (AvgIpc) is 3.10. The lowest BCUT2D eigenvalue weighted by atomic mass is 9.89. The molecule has 1 aliphatic carbocycles. The highest BCUT2D eigenvalue weighted by Crippen LogP contribution is 2.29. The highest BCUT2D eigenvalue weighted by molar-refractivity contribution is 5.94. The highest BCUT2D eigenvalue weighted by Gasteiger charge is 2.34. The van der Waals surface area contributed by atoms with E-state index in [-0.39, 0.29) is 30.5 Å². The molecule has 4 heterocycles. The number of carbonyl (C=O) groups excluding carboxylic acids is 1. The van der Waals surface area contributed by atoms with Gasteiger partial charge < -0.3 is 20.7 Å². The van der Waals surface area contributed by atoms with Gasteiger partial charge in [0.25, 0.3) is 0 Å². The lowest BCUT2D eigenvalue weighted by molar-refractivity contribution is -0.0335. The van der Waals surface area contributed by atoms with E-state index in [1.165, 1.54) is 10.9 Å². The zero-order valence-electron chi connectivity index (χ0n) is 15.1. The van der Waals surface area contributed by atoms with Crippen molar-refractivity contribution in [3.8, 4) is 0 Å². The molecule has 0 aromatic carbocycles. The van der Waals surface area contributed by atoms with Crippen LogP contribution in [0.15, 0.2) is 24.7 Å². The Bertz CT molecular complexity index is 1080. The molecule has 0 radical (unpaired) electrons. The van der Waals surface area contributed by atoms with Crippen LogP contribution in [0.5, 0.6) is 0 Å². The summed E-state index contributed by atoms with van der Waals surface area (Å²) in [7, 11) is 1.75. The fourth-order valence-electron chi connectivity index (χ4n) is 3.44. The summed E-state index contributed by atoms with van der Waals surface area (Å²) in [4.78, 5) is 25.7. The molecule has 144 valence electrons. The molecule has 0 spiro atoms. The minimum Gasteiger partial charge on any atom is -0.386 e. The van der Waals surface area contributed by atoms with Gasteiger partial charge in [-0.25, -0.2) is 23.7 Å². The molecule has 3 aromatic heterocycles. The molecule has 0 unspecified atom stereocenters. The number of fused-ring (bicyclic) bond motifs is 4. The molecule has 9 nitrogen and oxygen atoms in total. The number of amides is 1. The predicted octanol–water partition coefficient (Wildman–Crippen LogP) is 2.37. The van der Waals surface area contributed by atoms with E-state index in [1.807, 2.05) is 0 Å². The Morgan fingerprint density at radius 1 is 1.32 bits per heavy atom. The van der Waals surface area contributed by atoms with Gasteiger partial charge in [0.2, 0.25) is 0 Å². The van der Waals surface area contributed by atoms with Crippen LogP contribution >= 0.6 is 0 Å². The molecule has 2 aliphatic rings. The van der Waals surface area contributed by atoms with E-state index in [9.17, 15) is 9.18 Å². The molecule has 28 heavy (non-hydrogen) atoms. The van der Waals surface area contributed by atoms with Crippen molar-refractivity contribution >= 4 is 34.4 Å². The summed E-state index contributed by atoms with van der Waals surface area (Å²) >= 11 is 0. The van der Waals surface area contributed by atoms with Crippen molar-refractivity contribution in [2.24, 2.45) is 0 Å². The zero-order valence-corrected chi connectivity index (χ0v) is 15.1. The molecule has 4 bridgehead atoms. The monoisotopic (exact) mass is 383 g/mol. The smallest absolute Gasteiger partial charge is 0.328 e. The number of pyridine rings is 2. The van der Waals surface area contributed by atoms with Crippen molar-refractivity contribution in [1.82, 2.24) is 24.8 Å². The van der Waals surface area contributed by atoms with Gasteiger partial charge in [0.1, 0.15) is 17.7 Å². The average molecular weight is 383 g/mol. The molecule has 10 heteroatoms. The number of anilines is 3. The molecule has 1 fully saturated rings. The molecule has 2 atom stereocenters. The Kier molecular flexibility index (Phi) is 3.86. The second kappa shape index (κ2) is 6.41. The summed E-state index contributed by atoms with van der Waals surface area (Å²) < 4.78 is 21.5. The van der Waals surface area contributed by atoms with Gasteiger partial charge in [0, 0.05) is 13.1 Å². The van der Waals surface area contributed by atoms with Crippen LogP contribution in [-0.4, -0.2) is 44.7 Å². The largest absolute Gasteiger partial charge is 0.386 e. The summed E-state index contributed by atoms with van der Waals surface area (Å²) in [5, 5.41) is 8.99. The number of imidazole rings is 1. The Morgan fingerprint density at radius 2 is 2.21 bits per heavy atom. The summed E-state index contributed by atoms with van der Waals surface area (Å²) in [6.45, 7) is 0.233. The van der Waals surface area contributed by atoms with Gasteiger partial charge in [0.05, 0.1) is 42.0 Å². The SMILES string of the molecule is CNc1cc2nc3c1ncn3C(=O)N[C@@H]1CC[C@H]1OCc1cc(c(F)cn1)N2. The Hall–Kier alpha value is -3.27. The number of carbonyl (C=O) groups is 1. The van der Waals surface area contributed by atoms with Gasteiger partial charge in [-0.2, -0.15) is 0 Å². The van der Waals surface area contributed by atoms with Gasteiger partial charge in [0.15, 0.2) is 11.5 Å². The first-order chi connectivity index (χ1) is 13.6. The zero-order chi connectivity index (χ0) is 19.3. The minimum absolute atomic E-state index is 0.0992. The third-order valence-corrected chi connectivity index (χ3v) is 5.13. The molecule has 1 amide bonds. The maximum absolute atomic E-state index is 14.3. The van der Waals surface area contributed by atoms with Crippen LogP contribution in [0.3, 0.4) is 0 Å². The fourth-order valence-corrected chi connectivity index (χ4v) is 3.44. The molecule has 5 rings (SSSR count). The van der Waals surface area contributed by atoms with Crippen molar-refractivity contribution in [2.45, 2.75) is 31.6 Å². The van der Waals surface area contributed by atoms with Crippen molar-refractivity contribution in [3.63, 3.8) is 0 Å². The summed E-state index contributed by atoms with van der Waals surface area (Å²) in [6.07, 6.45) is 4.15. The fraction of sp³-hybridized carbons (Fsp3) is 0.333. The van der Waals surface area contributed by atoms with Crippen LogP contribution in [0, 0.1) is 5.82 Å². The van der Waals surface area contributed by atoms with Crippen LogP contribution < -0.4 is 16.0 Å². The van der Waals surface area contributed by atoms with E-state index >= 15 is 0 Å². The molecular formula is C18H18FN7O2. The van der Waals surface area contributed by atoms with E-state index in [2.05, 4.69) is 30.9 Å². The third-order valence-electron chi connectivity index (χ3n) is 5.13. The van der Waals surface area contributed by atoms with Gasteiger partial charge in [-0.15, -0.1) is 0 Å². The summed E-state index contributed by atoms with van der Waals surface area (Å²) in [5.74, 6) is -0.126. The first-order valence-corrected chi connectivity index (χ1v) is 9.02. The second-order valence-corrected chi connectivity index (χ2v) is 6.86. The number of rotatable bonds is 1. The highest BCUT2D eigenvalue weighted by atomic mass is 19.1. The number of nitrogens with zero attached hydrogens (tertiary/aromatic N) is 4. The van der Waals surface area contributed by atoms with Crippen LogP contribution in [0.25, 0.3) is 11.2 Å². The number of nitrogens with one attached hydrogen (secondary N) is 3.